The number of rotatable bonds is 10. The van der Waals surface area contributed by atoms with Crippen LogP contribution < -0.4 is 20.9 Å². The molecule has 0 spiro atoms. The summed E-state index contributed by atoms with van der Waals surface area (Å²) < 4.78 is 11.6. The smallest absolute Gasteiger partial charge is 0.0468 e. The van der Waals surface area contributed by atoms with Crippen molar-refractivity contribution in [2.45, 2.75) is 33.1 Å². The van der Waals surface area contributed by atoms with Gasteiger partial charge in [-0.15, -0.1) is 45.3 Å². The van der Waals surface area contributed by atoms with E-state index in [9.17, 15) is 0 Å². The van der Waals surface area contributed by atoms with Crippen molar-refractivity contribution in [1.29, 1.82) is 0 Å². The summed E-state index contributed by atoms with van der Waals surface area (Å²) in [5, 5.41) is 14.0. The van der Waals surface area contributed by atoms with Gasteiger partial charge in [-0.2, -0.15) is 0 Å². The van der Waals surface area contributed by atoms with Gasteiger partial charge in [0.25, 0.3) is 0 Å². The lowest BCUT2D eigenvalue weighted by molar-refractivity contribution is 0.772. The van der Waals surface area contributed by atoms with E-state index < -0.39 is 0 Å². The van der Waals surface area contributed by atoms with Gasteiger partial charge in [-0.1, -0.05) is 170 Å². The fourth-order valence-electron chi connectivity index (χ4n) is 11.1. The number of fused-ring (bicyclic) bond motifs is 12. The normalized spacial score (nSPS) is 11.2. The molecule has 420 valence electrons. The molecule has 4 nitrogen and oxygen atoms in total. The Bertz CT molecular complexity index is 4880. The minimum atomic E-state index is 0.834. The summed E-state index contributed by atoms with van der Waals surface area (Å²) in [4.78, 5) is 4.63. The zero-order valence-corrected chi connectivity index (χ0v) is 52.5. The van der Waals surface area contributed by atoms with E-state index >= 15 is 0 Å². The molecule has 3 N–H and O–H groups in total. The van der Waals surface area contributed by atoms with Gasteiger partial charge in [-0.3, -0.25) is 0 Å². The molecule has 0 aliphatic rings. The Balaban J connectivity index is 0.000000127. The first-order valence-electron chi connectivity index (χ1n) is 29.1. The molecule has 0 aliphatic carbocycles. The Morgan fingerprint density at radius 3 is 1.13 bits per heavy atom. The maximum Gasteiger partial charge on any atom is 0.0468 e. The van der Waals surface area contributed by atoms with Gasteiger partial charge < -0.3 is 20.9 Å². The van der Waals surface area contributed by atoms with Crippen molar-refractivity contribution in [2.75, 3.05) is 20.9 Å². The number of nitrogen functional groups attached to an aromatic ring is 1. The lowest BCUT2D eigenvalue weighted by atomic mass is 10.1. The number of hydrogen-bond donors (Lipinski definition) is 2. The van der Waals surface area contributed by atoms with Gasteiger partial charge in [-0.25, -0.2) is 0 Å². The molecule has 16 aromatic rings. The van der Waals surface area contributed by atoms with Crippen LogP contribution in [0.5, 0.6) is 0 Å². The molecule has 0 bridgehead atoms. The highest BCUT2D eigenvalue weighted by atomic mass is 79.9. The number of hydrogen-bond acceptors (Lipinski definition) is 8. The molecule has 12 aromatic carbocycles. The lowest BCUT2D eigenvalue weighted by Gasteiger charge is -2.25. The molecule has 16 rings (SSSR count). The largest absolute Gasteiger partial charge is 0.399 e. The molecule has 0 saturated carbocycles. The van der Waals surface area contributed by atoms with Crippen molar-refractivity contribution in [3.63, 3.8) is 0 Å². The van der Waals surface area contributed by atoms with Gasteiger partial charge in [-0.05, 0) is 158 Å². The average molecular weight is 1250 g/mol. The third-order valence-electron chi connectivity index (χ3n) is 15.2. The molecular weight excluding hydrogens is 1190 g/mol. The van der Waals surface area contributed by atoms with E-state index in [1.165, 1.54) is 106 Å². The monoisotopic (exact) mass is 1250 g/mol. The van der Waals surface area contributed by atoms with Crippen LogP contribution in [0, 0.1) is 0 Å². The second kappa shape index (κ2) is 25.8. The molecule has 0 atom stereocenters. The Morgan fingerprint density at radius 2 is 0.651 bits per heavy atom. The van der Waals surface area contributed by atoms with Crippen LogP contribution in [0.2, 0.25) is 0 Å². The fraction of sp³-hybridized carbons (Fsp3) is 0.0649. The minimum Gasteiger partial charge on any atom is -0.399 e. The summed E-state index contributed by atoms with van der Waals surface area (Å²) in [7, 11) is 0. The third kappa shape index (κ3) is 12.1. The van der Waals surface area contributed by atoms with E-state index in [1.54, 1.807) is 0 Å². The van der Waals surface area contributed by atoms with Crippen LogP contribution in [0.15, 0.2) is 284 Å². The van der Waals surface area contributed by atoms with Gasteiger partial charge in [0.05, 0.1) is 0 Å². The van der Waals surface area contributed by atoms with Gasteiger partial charge >= 0.3 is 0 Å². The van der Waals surface area contributed by atoms with Gasteiger partial charge in [0.2, 0.25) is 0 Å². The first kappa shape index (κ1) is 56.3. The van der Waals surface area contributed by atoms with E-state index in [1.807, 2.05) is 57.5 Å². The second-order valence-corrected chi connectivity index (χ2v) is 26.3. The fourth-order valence-corrected chi connectivity index (χ4v) is 16.1. The number of halogens is 1. The van der Waals surface area contributed by atoms with Crippen molar-refractivity contribution in [3.8, 4) is 0 Å². The van der Waals surface area contributed by atoms with Gasteiger partial charge in [0, 0.05) is 136 Å². The van der Waals surface area contributed by atoms with Crippen molar-refractivity contribution in [2.24, 2.45) is 0 Å². The molecule has 0 amide bonds. The summed E-state index contributed by atoms with van der Waals surface area (Å²) in [6.45, 7) is 4.42. The summed E-state index contributed by atoms with van der Waals surface area (Å²) >= 11 is 10.9. The maximum atomic E-state index is 5.78. The van der Waals surface area contributed by atoms with Crippen LogP contribution in [0.1, 0.15) is 33.1 Å². The zero-order valence-electron chi connectivity index (χ0n) is 47.7. The Hall–Kier alpha value is -8.80. The summed E-state index contributed by atoms with van der Waals surface area (Å²) in [6.07, 6.45) is 4.08. The quantitative estimate of drug-likeness (QED) is 0.134. The van der Waals surface area contributed by atoms with Crippen molar-refractivity contribution in [3.05, 3.63) is 284 Å². The Morgan fingerprint density at radius 1 is 0.302 bits per heavy atom. The second-order valence-electron chi connectivity index (χ2n) is 21.1. The molecule has 0 radical (unpaired) electrons. The maximum absolute atomic E-state index is 5.78. The van der Waals surface area contributed by atoms with E-state index in [0.29, 0.717) is 0 Å². The standard InChI is InChI=1S/C36H24N2S2.C24H16BrNS.C12H9NS.C5H12/c1-3-9-26(10-4-1)38(27-11-5-2-6-12-27)28-17-20-35-32(23-28)30-18-15-25(22-36(30)40-35)37-24-16-19-34-31(21-24)29-13-7-8-14-33(29)39-34;25-17-11-13-21-22-16-20(12-14-23(22)27-24(21)15-17)26(18-7-3-1-4-8-18)19-9-5-2-6-10-19;13-8-5-6-12-10(7-8)9-3-1-2-4-11(9)14-12;1-3-5-4-2/h1-23,37H;1-16H;1-7H,13H2;3-5H2,1-2H3. The topological polar surface area (TPSA) is 44.5 Å². The first-order valence-corrected chi connectivity index (χ1v) is 33.2. The van der Waals surface area contributed by atoms with E-state index in [4.69, 9.17) is 5.73 Å². The molecule has 0 fully saturated rings. The van der Waals surface area contributed by atoms with E-state index in [2.05, 4.69) is 312 Å². The predicted molar refractivity (Wildman–Crippen MR) is 387 cm³/mol. The number of thiophene rings is 4. The molecule has 4 heterocycles. The van der Waals surface area contributed by atoms with Crippen molar-refractivity contribution in [1.82, 2.24) is 0 Å². The summed E-state index contributed by atoms with van der Waals surface area (Å²) in [6, 6.07) is 98.9. The van der Waals surface area contributed by atoms with Crippen LogP contribution in [0.4, 0.5) is 51.2 Å². The molecule has 86 heavy (non-hydrogen) atoms. The molecular formula is C77H61BrN4S4. The summed E-state index contributed by atoms with van der Waals surface area (Å²) in [5.74, 6) is 0. The van der Waals surface area contributed by atoms with Crippen molar-refractivity contribution < 1.29 is 0 Å². The molecule has 0 unspecified atom stereocenters. The minimum absolute atomic E-state index is 0.834. The number of para-hydroxylation sites is 4. The highest BCUT2D eigenvalue weighted by Gasteiger charge is 2.17. The Kier molecular flexibility index (Phi) is 16.9. The number of anilines is 9. The molecule has 9 heteroatoms. The first-order chi connectivity index (χ1) is 42.3. The highest BCUT2D eigenvalue weighted by Crippen LogP contribution is 2.44. The summed E-state index contributed by atoms with van der Waals surface area (Å²) in [5.41, 5.74) is 15.8. The van der Waals surface area contributed by atoms with Crippen molar-refractivity contribution >= 4 is 193 Å². The SMILES string of the molecule is Brc1ccc2c(c1)sc1ccc(N(c3ccccc3)c3ccccc3)cc12.CCCCC.Nc1ccc2sc3ccccc3c2c1.c1ccc(N(c2ccccc2)c2ccc3sc4cc(Nc5ccc6sc7ccccc7c6c5)ccc4c3c2)cc1. The van der Waals surface area contributed by atoms with Crippen LogP contribution in [-0.4, -0.2) is 0 Å². The van der Waals surface area contributed by atoms with Crippen LogP contribution in [-0.2, 0) is 0 Å². The number of benzene rings is 12. The van der Waals surface area contributed by atoms with E-state index in [-0.39, 0.29) is 0 Å². The van der Waals surface area contributed by atoms with Crippen LogP contribution >= 0.6 is 61.3 Å². The van der Waals surface area contributed by atoms with Gasteiger partial charge in [0.15, 0.2) is 0 Å². The molecule has 4 aromatic heterocycles. The molecule has 0 aliphatic heterocycles. The number of nitrogens with zero attached hydrogens (tertiary/aromatic N) is 2. The number of unbranched alkanes of at least 4 members (excludes halogenated alkanes) is 2. The third-order valence-corrected chi connectivity index (χ3v) is 20.3. The van der Waals surface area contributed by atoms with Gasteiger partial charge in [0.1, 0.15) is 0 Å². The van der Waals surface area contributed by atoms with Crippen LogP contribution in [0.25, 0.3) is 80.7 Å². The predicted octanol–water partition coefficient (Wildman–Crippen LogP) is 25.8. The van der Waals surface area contributed by atoms with E-state index in [0.717, 1.165) is 50.0 Å². The Labute approximate surface area is 526 Å². The lowest BCUT2D eigenvalue weighted by Crippen LogP contribution is -2.09. The number of nitrogens with two attached hydrogens (primary N) is 1. The number of nitrogens with one attached hydrogen (secondary N) is 1. The van der Waals surface area contributed by atoms with Crippen LogP contribution in [0.3, 0.4) is 0 Å². The molecule has 0 saturated heterocycles. The zero-order chi connectivity index (χ0) is 58.3. The highest BCUT2D eigenvalue weighted by molar-refractivity contribution is 9.10. The average Bonchev–Trinajstić information content (AvgIpc) is 3.96.